The van der Waals surface area contributed by atoms with Crippen LogP contribution >= 0.6 is 0 Å². The van der Waals surface area contributed by atoms with Crippen LogP contribution in [0.5, 0.6) is 0 Å². The monoisotopic (exact) mass is 423 g/mol. The van der Waals surface area contributed by atoms with E-state index in [4.69, 9.17) is 5.11 Å². The van der Waals surface area contributed by atoms with Crippen molar-refractivity contribution in [3.05, 3.63) is 12.2 Å². The van der Waals surface area contributed by atoms with Crippen LogP contribution in [0.15, 0.2) is 12.2 Å². The molecular formula is C25H49N3O2. The van der Waals surface area contributed by atoms with Gasteiger partial charge in [0.15, 0.2) is 0 Å². The van der Waals surface area contributed by atoms with Gasteiger partial charge >= 0.3 is 6.09 Å². The summed E-state index contributed by atoms with van der Waals surface area (Å²) >= 11 is 0. The third-order valence-corrected chi connectivity index (χ3v) is 6.11. The van der Waals surface area contributed by atoms with Gasteiger partial charge in [0.2, 0.25) is 0 Å². The van der Waals surface area contributed by atoms with Crippen LogP contribution in [0.25, 0.3) is 0 Å². The minimum Gasteiger partial charge on any atom is -0.465 e. The van der Waals surface area contributed by atoms with Crippen LogP contribution in [0.4, 0.5) is 4.79 Å². The fourth-order valence-electron chi connectivity index (χ4n) is 4.02. The van der Waals surface area contributed by atoms with Crippen molar-refractivity contribution in [1.29, 1.82) is 0 Å². The molecular weight excluding hydrogens is 374 g/mol. The molecule has 1 amide bonds. The average molecular weight is 424 g/mol. The van der Waals surface area contributed by atoms with Crippen LogP contribution in [0.2, 0.25) is 0 Å². The summed E-state index contributed by atoms with van der Waals surface area (Å²) in [4.78, 5) is 14.8. The number of hydrogen-bond donors (Lipinski definition) is 2. The maximum Gasteiger partial charge on any atom is 0.407 e. The average Bonchev–Trinajstić information content (AvgIpc) is 2.75. The van der Waals surface area contributed by atoms with E-state index in [9.17, 15) is 4.79 Å². The number of carboxylic acid groups (broad SMARTS) is 1. The molecule has 1 rings (SSSR count). The molecule has 5 nitrogen and oxygen atoms in total. The molecule has 0 radical (unpaired) electrons. The first kappa shape index (κ1) is 27.0. The van der Waals surface area contributed by atoms with Crippen LogP contribution in [0.3, 0.4) is 0 Å². The molecule has 0 aromatic heterocycles. The highest BCUT2D eigenvalue weighted by atomic mass is 16.4. The van der Waals surface area contributed by atoms with Crippen molar-refractivity contribution in [2.75, 3.05) is 45.8 Å². The number of unbranched alkanes of at least 4 members (excludes halogenated alkanes) is 12. The quantitative estimate of drug-likeness (QED) is 0.200. The van der Waals surface area contributed by atoms with Gasteiger partial charge in [-0.05, 0) is 38.6 Å². The van der Waals surface area contributed by atoms with Crippen molar-refractivity contribution >= 4 is 6.09 Å². The van der Waals surface area contributed by atoms with Gasteiger partial charge in [0, 0.05) is 39.3 Å². The second kappa shape index (κ2) is 19.9. The standard InChI is InChI=1S/C25H49N3O2/c1-2-3-4-5-6-7-8-9-10-11-12-13-14-15-16-17-18-26-19-20-27-21-23-28(24-22-27)25(29)30/h9-10,26H,2-8,11-24H2,1H3,(H,29,30)/b10-9-. The Bertz CT molecular complexity index is 421. The molecule has 2 N–H and O–H groups in total. The molecule has 0 spiro atoms. The molecule has 0 aromatic rings. The Balaban J connectivity index is 1.74. The molecule has 0 bridgehead atoms. The van der Waals surface area contributed by atoms with Crippen LogP contribution in [0, 0.1) is 0 Å². The van der Waals surface area contributed by atoms with Crippen molar-refractivity contribution in [3.63, 3.8) is 0 Å². The third-order valence-electron chi connectivity index (χ3n) is 6.11. The van der Waals surface area contributed by atoms with E-state index < -0.39 is 6.09 Å². The molecule has 1 heterocycles. The van der Waals surface area contributed by atoms with Crippen molar-refractivity contribution in [3.8, 4) is 0 Å². The Kier molecular flexibility index (Phi) is 17.9. The Morgan fingerprint density at radius 1 is 0.767 bits per heavy atom. The predicted molar refractivity (Wildman–Crippen MR) is 128 cm³/mol. The minimum atomic E-state index is -0.785. The summed E-state index contributed by atoms with van der Waals surface area (Å²) in [5.41, 5.74) is 0. The van der Waals surface area contributed by atoms with Crippen molar-refractivity contribution in [2.45, 2.75) is 96.8 Å². The fraction of sp³-hybridized carbons (Fsp3) is 0.880. The fourth-order valence-corrected chi connectivity index (χ4v) is 4.02. The van der Waals surface area contributed by atoms with Gasteiger partial charge in [0.1, 0.15) is 0 Å². The summed E-state index contributed by atoms with van der Waals surface area (Å²) in [6.45, 7) is 8.44. The highest BCUT2D eigenvalue weighted by Gasteiger charge is 2.19. The molecule has 0 aromatic carbocycles. The van der Waals surface area contributed by atoms with E-state index in [2.05, 4.69) is 29.3 Å². The minimum absolute atomic E-state index is 0.643. The summed E-state index contributed by atoms with van der Waals surface area (Å²) in [6, 6.07) is 0. The number of hydrogen-bond acceptors (Lipinski definition) is 3. The zero-order chi connectivity index (χ0) is 21.7. The zero-order valence-corrected chi connectivity index (χ0v) is 19.8. The SMILES string of the molecule is CCCCCCCC/C=C\CCCCCCCCNCCN1CCN(C(=O)O)CC1. The Morgan fingerprint density at radius 3 is 1.87 bits per heavy atom. The zero-order valence-electron chi connectivity index (χ0n) is 19.8. The first-order valence-electron chi connectivity index (χ1n) is 12.8. The molecule has 0 aliphatic carbocycles. The van der Waals surface area contributed by atoms with E-state index in [1.54, 1.807) is 0 Å². The molecule has 1 fully saturated rings. The molecule has 1 saturated heterocycles. The second-order valence-electron chi connectivity index (χ2n) is 8.80. The molecule has 1 aliphatic heterocycles. The van der Waals surface area contributed by atoms with Crippen LogP contribution in [-0.4, -0.2) is 66.8 Å². The van der Waals surface area contributed by atoms with E-state index in [1.165, 1.54) is 94.8 Å². The van der Waals surface area contributed by atoms with Gasteiger partial charge in [-0.25, -0.2) is 4.79 Å². The van der Waals surface area contributed by atoms with Crippen molar-refractivity contribution in [1.82, 2.24) is 15.1 Å². The lowest BCUT2D eigenvalue weighted by Gasteiger charge is -2.33. The number of nitrogens with zero attached hydrogens (tertiary/aromatic N) is 2. The first-order valence-corrected chi connectivity index (χ1v) is 12.8. The Morgan fingerprint density at radius 2 is 1.30 bits per heavy atom. The normalized spacial score (nSPS) is 15.3. The van der Waals surface area contributed by atoms with Crippen molar-refractivity contribution < 1.29 is 9.90 Å². The van der Waals surface area contributed by atoms with E-state index in [0.717, 1.165) is 32.7 Å². The number of rotatable bonds is 19. The first-order chi connectivity index (χ1) is 14.7. The molecule has 0 saturated carbocycles. The van der Waals surface area contributed by atoms with Gasteiger partial charge in [-0.2, -0.15) is 0 Å². The van der Waals surface area contributed by atoms with E-state index in [1.807, 2.05) is 0 Å². The lowest BCUT2D eigenvalue weighted by atomic mass is 10.1. The topological polar surface area (TPSA) is 55.8 Å². The highest BCUT2D eigenvalue weighted by molar-refractivity contribution is 5.65. The highest BCUT2D eigenvalue weighted by Crippen LogP contribution is 2.09. The maximum absolute atomic E-state index is 10.9. The van der Waals surface area contributed by atoms with Crippen LogP contribution in [0.1, 0.15) is 96.8 Å². The van der Waals surface area contributed by atoms with Gasteiger partial charge in [0.05, 0.1) is 0 Å². The van der Waals surface area contributed by atoms with E-state index in [-0.39, 0.29) is 0 Å². The molecule has 0 atom stereocenters. The molecule has 5 heteroatoms. The lowest BCUT2D eigenvalue weighted by molar-refractivity contribution is 0.106. The number of allylic oxidation sites excluding steroid dienone is 2. The van der Waals surface area contributed by atoms with Gasteiger partial charge in [-0.1, -0.05) is 76.9 Å². The molecule has 176 valence electrons. The number of amides is 1. The largest absolute Gasteiger partial charge is 0.465 e. The third kappa shape index (κ3) is 15.7. The van der Waals surface area contributed by atoms with Gasteiger partial charge in [-0.3, -0.25) is 4.90 Å². The lowest BCUT2D eigenvalue weighted by Crippen LogP contribution is -2.49. The van der Waals surface area contributed by atoms with Crippen LogP contribution < -0.4 is 5.32 Å². The summed E-state index contributed by atoms with van der Waals surface area (Å²) in [7, 11) is 0. The molecule has 0 unspecified atom stereocenters. The smallest absolute Gasteiger partial charge is 0.407 e. The van der Waals surface area contributed by atoms with E-state index in [0.29, 0.717) is 13.1 Å². The van der Waals surface area contributed by atoms with Crippen LogP contribution in [-0.2, 0) is 0 Å². The van der Waals surface area contributed by atoms with E-state index >= 15 is 0 Å². The van der Waals surface area contributed by atoms with Crippen molar-refractivity contribution in [2.24, 2.45) is 0 Å². The Labute approximate surface area is 186 Å². The predicted octanol–water partition coefficient (Wildman–Crippen LogP) is 5.91. The van der Waals surface area contributed by atoms with Gasteiger partial charge < -0.3 is 15.3 Å². The van der Waals surface area contributed by atoms with Gasteiger partial charge in [0.25, 0.3) is 0 Å². The Hall–Kier alpha value is -1.07. The summed E-state index contributed by atoms with van der Waals surface area (Å²) in [5, 5.41) is 12.5. The summed E-state index contributed by atoms with van der Waals surface area (Å²) in [6.07, 6.45) is 23.0. The molecule has 30 heavy (non-hydrogen) atoms. The second-order valence-corrected chi connectivity index (χ2v) is 8.80. The number of nitrogens with one attached hydrogen (secondary N) is 1. The summed E-state index contributed by atoms with van der Waals surface area (Å²) in [5.74, 6) is 0. The number of piperazine rings is 1. The number of carbonyl (C=O) groups is 1. The summed E-state index contributed by atoms with van der Waals surface area (Å²) < 4.78 is 0. The molecule has 1 aliphatic rings. The van der Waals surface area contributed by atoms with Gasteiger partial charge in [-0.15, -0.1) is 0 Å². The maximum atomic E-state index is 10.9.